The van der Waals surface area contributed by atoms with Crippen molar-refractivity contribution in [2.75, 3.05) is 24.5 Å². The van der Waals surface area contributed by atoms with E-state index in [4.69, 9.17) is 4.42 Å². The van der Waals surface area contributed by atoms with Crippen LogP contribution in [0.15, 0.2) is 28.7 Å². The van der Waals surface area contributed by atoms with Gasteiger partial charge in [0.15, 0.2) is 5.58 Å². The van der Waals surface area contributed by atoms with Gasteiger partial charge in [0.25, 0.3) is 6.01 Å². The number of rotatable bonds is 4. The molecule has 1 aliphatic carbocycles. The fourth-order valence-corrected chi connectivity index (χ4v) is 3.12. The maximum Gasteiger partial charge on any atom is 0.309 e. The van der Waals surface area contributed by atoms with Gasteiger partial charge in [-0.05, 0) is 43.7 Å². The summed E-state index contributed by atoms with van der Waals surface area (Å²) < 4.78 is 5.81. The van der Waals surface area contributed by atoms with E-state index in [-0.39, 0.29) is 6.04 Å². The number of hydrogen-bond donors (Lipinski definition) is 2. The molecular weight excluding hydrogens is 320 g/mol. The molecule has 0 spiro atoms. The predicted molar refractivity (Wildman–Crippen MR) is 93.1 cm³/mol. The fourth-order valence-electron chi connectivity index (χ4n) is 3.12. The molecule has 2 fully saturated rings. The summed E-state index contributed by atoms with van der Waals surface area (Å²) in [6.07, 6.45) is 3.83. The average molecular weight is 342 g/mol. The summed E-state index contributed by atoms with van der Waals surface area (Å²) in [5.74, 6) is -0.655. The number of nitrogens with one attached hydrogen (secondary N) is 2. The lowest BCUT2D eigenvalue weighted by Gasteiger charge is -2.30. The van der Waals surface area contributed by atoms with Gasteiger partial charge in [0.2, 0.25) is 0 Å². The maximum absolute atomic E-state index is 11.8. The van der Waals surface area contributed by atoms with E-state index in [1.54, 1.807) is 0 Å². The van der Waals surface area contributed by atoms with Gasteiger partial charge in [0.1, 0.15) is 5.52 Å². The Labute approximate surface area is 145 Å². The first-order chi connectivity index (χ1) is 12.2. The van der Waals surface area contributed by atoms with E-state index in [0.717, 1.165) is 49.9 Å². The molecule has 1 saturated heterocycles. The van der Waals surface area contributed by atoms with Gasteiger partial charge >= 0.3 is 11.8 Å². The summed E-state index contributed by atoms with van der Waals surface area (Å²) in [6, 6.07) is 8.61. The minimum atomic E-state index is -0.520. The summed E-state index contributed by atoms with van der Waals surface area (Å²) >= 11 is 0. The number of aromatic nitrogens is 1. The molecule has 0 atom stereocenters. The molecule has 0 unspecified atom stereocenters. The third kappa shape index (κ3) is 3.75. The number of nitrogens with zero attached hydrogens (tertiary/aromatic N) is 2. The van der Waals surface area contributed by atoms with Crippen molar-refractivity contribution >= 4 is 28.9 Å². The van der Waals surface area contributed by atoms with Crippen LogP contribution in [0.5, 0.6) is 0 Å². The van der Waals surface area contributed by atoms with Crippen LogP contribution in [-0.4, -0.2) is 42.5 Å². The zero-order valence-corrected chi connectivity index (χ0v) is 14.0. The summed E-state index contributed by atoms with van der Waals surface area (Å²) in [7, 11) is 0. The molecule has 0 bridgehead atoms. The zero-order chi connectivity index (χ0) is 17.2. The first kappa shape index (κ1) is 15.9. The molecule has 2 amide bonds. The summed E-state index contributed by atoms with van der Waals surface area (Å²) in [5, 5.41) is 5.46. The Bertz CT molecular complexity index is 742. The number of para-hydroxylation sites is 2. The molecule has 1 aromatic carbocycles. The van der Waals surface area contributed by atoms with Crippen LogP contribution in [0.25, 0.3) is 11.1 Å². The van der Waals surface area contributed by atoms with Crippen LogP contribution in [0.4, 0.5) is 6.01 Å². The Morgan fingerprint density at radius 1 is 1.12 bits per heavy atom. The number of carbonyl (C=O) groups excluding carboxylic acids is 2. The lowest BCUT2D eigenvalue weighted by Crippen LogP contribution is -2.44. The quantitative estimate of drug-likeness (QED) is 0.821. The minimum Gasteiger partial charge on any atom is -0.423 e. The van der Waals surface area contributed by atoms with Crippen molar-refractivity contribution in [3.8, 4) is 0 Å². The van der Waals surface area contributed by atoms with Crippen LogP contribution in [0.2, 0.25) is 0 Å². The Morgan fingerprint density at radius 3 is 2.60 bits per heavy atom. The van der Waals surface area contributed by atoms with E-state index in [0.29, 0.717) is 18.5 Å². The van der Waals surface area contributed by atoms with Gasteiger partial charge in [-0.3, -0.25) is 9.59 Å². The van der Waals surface area contributed by atoms with Gasteiger partial charge in [-0.25, -0.2) is 0 Å². The monoisotopic (exact) mass is 342 g/mol. The van der Waals surface area contributed by atoms with Gasteiger partial charge in [-0.15, -0.1) is 0 Å². The number of hydrogen-bond acceptors (Lipinski definition) is 5. The Balaban J connectivity index is 1.25. The van der Waals surface area contributed by atoms with E-state index in [1.165, 1.54) is 0 Å². The molecule has 2 N–H and O–H groups in total. The molecule has 132 valence electrons. The van der Waals surface area contributed by atoms with E-state index in [1.807, 2.05) is 24.3 Å². The van der Waals surface area contributed by atoms with Gasteiger partial charge in [-0.2, -0.15) is 4.98 Å². The lowest BCUT2D eigenvalue weighted by atomic mass is 9.97. The van der Waals surface area contributed by atoms with Crippen molar-refractivity contribution in [1.82, 2.24) is 15.6 Å². The van der Waals surface area contributed by atoms with Crippen molar-refractivity contribution in [1.29, 1.82) is 0 Å². The number of fused-ring (bicyclic) bond motifs is 1. The molecular formula is C18H22N4O3. The zero-order valence-electron chi connectivity index (χ0n) is 14.0. The van der Waals surface area contributed by atoms with Gasteiger partial charge in [0, 0.05) is 25.7 Å². The van der Waals surface area contributed by atoms with Crippen LogP contribution >= 0.6 is 0 Å². The number of anilines is 1. The van der Waals surface area contributed by atoms with E-state index >= 15 is 0 Å². The maximum atomic E-state index is 11.8. The van der Waals surface area contributed by atoms with Crippen molar-refractivity contribution < 1.29 is 14.0 Å². The molecule has 2 aliphatic rings. The highest BCUT2D eigenvalue weighted by molar-refractivity contribution is 6.35. The summed E-state index contributed by atoms with van der Waals surface area (Å²) in [5.41, 5.74) is 1.67. The molecule has 2 heterocycles. The van der Waals surface area contributed by atoms with Crippen LogP contribution in [-0.2, 0) is 9.59 Å². The third-order valence-electron chi connectivity index (χ3n) is 4.84. The van der Waals surface area contributed by atoms with Crippen molar-refractivity contribution in [2.45, 2.75) is 31.7 Å². The smallest absolute Gasteiger partial charge is 0.309 e. The van der Waals surface area contributed by atoms with E-state index in [9.17, 15) is 9.59 Å². The Kier molecular flexibility index (Phi) is 4.29. The number of amides is 2. The van der Waals surface area contributed by atoms with Crippen LogP contribution < -0.4 is 15.5 Å². The predicted octanol–water partition coefficient (Wildman–Crippen LogP) is 1.44. The van der Waals surface area contributed by atoms with Gasteiger partial charge in [0.05, 0.1) is 0 Å². The second-order valence-electron chi connectivity index (χ2n) is 6.85. The topological polar surface area (TPSA) is 87.5 Å². The third-order valence-corrected chi connectivity index (χ3v) is 4.84. The number of oxazole rings is 1. The number of piperidine rings is 1. The highest BCUT2D eigenvalue weighted by atomic mass is 16.4. The minimum absolute atomic E-state index is 0.206. The molecule has 4 rings (SSSR count). The van der Waals surface area contributed by atoms with Crippen molar-refractivity contribution in [3.63, 3.8) is 0 Å². The Morgan fingerprint density at radius 2 is 1.88 bits per heavy atom. The number of benzene rings is 1. The van der Waals surface area contributed by atoms with Gasteiger partial charge in [-0.1, -0.05) is 12.1 Å². The highest BCUT2D eigenvalue weighted by Crippen LogP contribution is 2.26. The van der Waals surface area contributed by atoms with E-state index in [2.05, 4.69) is 20.5 Å². The molecule has 25 heavy (non-hydrogen) atoms. The first-order valence-electron chi connectivity index (χ1n) is 8.88. The van der Waals surface area contributed by atoms with Crippen LogP contribution in [0.1, 0.15) is 25.7 Å². The SMILES string of the molecule is O=C(NCC1CCN(c2nc3ccccc3o2)CC1)C(=O)NC1CC1. The number of carbonyl (C=O) groups is 2. The van der Waals surface area contributed by atoms with Crippen molar-refractivity contribution in [2.24, 2.45) is 5.92 Å². The largest absolute Gasteiger partial charge is 0.423 e. The van der Waals surface area contributed by atoms with Gasteiger partial charge < -0.3 is 20.0 Å². The molecule has 1 saturated carbocycles. The Hall–Kier alpha value is -2.57. The normalized spacial score (nSPS) is 18.3. The second kappa shape index (κ2) is 6.74. The van der Waals surface area contributed by atoms with Crippen LogP contribution in [0.3, 0.4) is 0 Å². The van der Waals surface area contributed by atoms with E-state index < -0.39 is 11.8 Å². The molecule has 0 radical (unpaired) electrons. The lowest BCUT2D eigenvalue weighted by molar-refractivity contribution is -0.139. The standard InChI is InChI=1S/C18H22N4O3/c23-16(17(24)20-13-5-6-13)19-11-12-7-9-22(10-8-12)18-21-14-3-1-2-4-15(14)25-18/h1-4,12-13H,5-11H2,(H,19,23)(H,20,24). The molecule has 1 aromatic heterocycles. The fraction of sp³-hybridized carbons (Fsp3) is 0.500. The highest BCUT2D eigenvalue weighted by Gasteiger charge is 2.27. The van der Waals surface area contributed by atoms with Crippen molar-refractivity contribution in [3.05, 3.63) is 24.3 Å². The molecule has 1 aliphatic heterocycles. The molecule has 7 nitrogen and oxygen atoms in total. The molecule has 2 aromatic rings. The summed E-state index contributed by atoms with van der Waals surface area (Å²) in [6.45, 7) is 2.21. The summed E-state index contributed by atoms with van der Waals surface area (Å²) in [4.78, 5) is 30.1. The van der Waals surface area contributed by atoms with Crippen LogP contribution in [0, 0.1) is 5.92 Å². The average Bonchev–Trinajstić information content (AvgIpc) is 3.34. The first-order valence-corrected chi connectivity index (χ1v) is 8.88. The second-order valence-corrected chi connectivity index (χ2v) is 6.85. The molecule has 7 heteroatoms.